The van der Waals surface area contributed by atoms with E-state index >= 15 is 0 Å². The number of hydrazone groups is 1. The Bertz CT molecular complexity index is 1310. The van der Waals surface area contributed by atoms with Crippen LogP contribution in [0.1, 0.15) is 23.8 Å². The SMILES string of the molecule is O=C(CSc1nnc(-c2ccccc2Cl)o1)N1N=C(c2ccc(Cl)cc2)CC1c1ccco1. The summed E-state index contributed by atoms with van der Waals surface area (Å²) in [5, 5.41) is 15.5. The van der Waals surface area contributed by atoms with Crippen molar-refractivity contribution in [2.24, 2.45) is 5.10 Å². The average molecular weight is 499 g/mol. The van der Waals surface area contributed by atoms with E-state index in [1.165, 1.54) is 5.01 Å². The van der Waals surface area contributed by atoms with E-state index in [2.05, 4.69) is 15.3 Å². The van der Waals surface area contributed by atoms with Crippen molar-refractivity contribution in [3.63, 3.8) is 0 Å². The number of carbonyl (C=O) groups excluding carboxylic acids is 1. The van der Waals surface area contributed by atoms with Gasteiger partial charge in [0.15, 0.2) is 0 Å². The second-order valence-corrected chi connectivity index (χ2v) is 8.94. The van der Waals surface area contributed by atoms with Gasteiger partial charge in [-0.15, -0.1) is 10.2 Å². The number of hydrogen-bond acceptors (Lipinski definition) is 7. The van der Waals surface area contributed by atoms with E-state index in [1.54, 1.807) is 36.6 Å². The molecular weight excluding hydrogens is 483 g/mol. The molecule has 3 heterocycles. The van der Waals surface area contributed by atoms with Crippen LogP contribution >= 0.6 is 35.0 Å². The van der Waals surface area contributed by atoms with E-state index in [1.807, 2.05) is 30.3 Å². The molecule has 0 saturated heterocycles. The Morgan fingerprint density at radius 2 is 1.88 bits per heavy atom. The van der Waals surface area contributed by atoms with E-state index in [9.17, 15) is 4.79 Å². The van der Waals surface area contributed by atoms with Crippen molar-refractivity contribution in [2.75, 3.05) is 5.75 Å². The second-order valence-electron chi connectivity index (χ2n) is 7.17. The third-order valence-electron chi connectivity index (χ3n) is 5.04. The quantitative estimate of drug-likeness (QED) is 0.298. The summed E-state index contributed by atoms with van der Waals surface area (Å²) in [6.45, 7) is 0. The number of thioether (sulfide) groups is 1. The van der Waals surface area contributed by atoms with Crippen LogP contribution in [-0.4, -0.2) is 32.6 Å². The largest absolute Gasteiger partial charge is 0.467 e. The molecule has 4 aromatic rings. The summed E-state index contributed by atoms with van der Waals surface area (Å²) in [6.07, 6.45) is 2.12. The number of aromatic nitrogens is 2. The Hall–Kier alpha value is -3.07. The van der Waals surface area contributed by atoms with Crippen LogP contribution in [0.5, 0.6) is 0 Å². The highest BCUT2D eigenvalue weighted by molar-refractivity contribution is 7.99. The van der Waals surface area contributed by atoms with Crippen molar-refractivity contribution < 1.29 is 13.6 Å². The van der Waals surface area contributed by atoms with Gasteiger partial charge in [-0.3, -0.25) is 4.79 Å². The minimum absolute atomic E-state index is 0.0682. The summed E-state index contributed by atoms with van der Waals surface area (Å²) >= 11 is 13.3. The lowest BCUT2D eigenvalue weighted by Crippen LogP contribution is -2.28. The van der Waals surface area contributed by atoms with Crippen molar-refractivity contribution in [1.29, 1.82) is 0 Å². The lowest BCUT2D eigenvalue weighted by Gasteiger charge is -2.19. The first-order chi connectivity index (χ1) is 16.1. The number of hydrogen-bond donors (Lipinski definition) is 0. The fourth-order valence-corrected chi connectivity index (χ4v) is 4.42. The molecule has 0 saturated carbocycles. The summed E-state index contributed by atoms with van der Waals surface area (Å²) in [7, 11) is 0. The summed E-state index contributed by atoms with van der Waals surface area (Å²) in [6, 6.07) is 17.9. The highest BCUT2D eigenvalue weighted by Gasteiger charge is 2.35. The molecule has 2 aromatic heterocycles. The molecule has 7 nitrogen and oxygen atoms in total. The van der Waals surface area contributed by atoms with Gasteiger partial charge in [0.2, 0.25) is 5.89 Å². The molecule has 0 radical (unpaired) electrons. The minimum atomic E-state index is -0.333. The van der Waals surface area contributed by atoms with Gasteiger partial charge in [0.1, 0.15) is 11.8 Å². The van der Waals surface area contributed by atoms with Gasteiger partial charge >= 0.3 is 0 Å². The second kappa shape index (κ2) is 9.43. The molecule has 0 fully saturated rings. The molecule has 0 N–H and O–H groups in total. The first-order valence-corrected chi connectivity index (χ1v) is 11.7. The fraction of sp³-hybridized carbons (Fsp3) is 0.130. The fourth-order valence-electron chi connectivity index (χ4n) is 3.46. The van der Waals surface area contributed by atoms with Crippen LogP contribution in [-0.2, 0) is 4.79 Å². The van der Waals surface area contributed by atoms with Crippen LogP contribution in [0.2, 0.25) is 10.0 Å². The minimum Gasteiger partial charge on any atom is -0.467 e. The number of amides is 1. The van der Waals surface area contributed by atoms with Gasteiger partial charge in [-0.25, -0.2) is 5.01 Å². The van der Waals surface area contributed by atoms with Gasteiger partial charge in [-0.1, -0.05) is 59.2 Å². The molecule has 1 amide bonds. The highest BCUT2D eigenvalue weighted by atomic mass is 35.5. The normalized spacial score (nSPS) is 15.6. The maximum absolute atomic E-state index is 13.1. The predicted octanol–water partition coefficient (Wildman–Crippen LogP) is 6.11. The number of carbonyl (C=O) groups is 1. The van der Waals surface area contributed by atoms with Crippen LogP contribution in [0.25, 0.3) is 11.5 Å². The molecule has 1 aliphatic heterocycles. The van der Waals surface area contributed by atoms with Crippen LogP contribution in [0.15, 0.2) is 86.1 Å². The Morgan fingerprint density at radius 3 is 2.64 bits per heavy atom. The molecule has 33 heavy (non-hydrogen) atoms. The molecular formula is C23H16Cl2N4O3S. The maximum Gasteiger partial charge on any atom is 0.277 e. The number of benzene rings is 2. The zero-order chi connectivity index (χ0) is 22.8. The van der Waals surface area contributed by atoms with Crippen LogP contribution in [0, 0.1) is 0 Å². The lowest BCUT2D eigenvalue weighted by atomic mass is 10.0. The Morgan fingerprint density at radius 1 is 1.06 bits per heavy atom. The molecule has 0 bridgehead atoms. The topological polar surface area (TPSA) is 84.7 Å². The summed E-state index contributed by atoms with van der Waals surface area (Å²) in [4.78, 5) is 13.1. The van der Waals surface area contributed by atoms with Gasteiger partial charge in [0.05, 0.1) is 28.3 Å². The molecule has 2 aromatic carbocycles. The van der Waals surface area contributed by atoms with E-state index < -0.39 is 0 Å². The van der Waals surface area contributed by atoms with E-state index in [0.717, 1.165) is 23.0 Å². The molecule has 5 rings (SSSR count). The summed E-state index contributed by atoms with van der Waals surface area (Å²) < 4.78 is 11.3. The predicted molar refractivity (Wildman–Crippen MR) is 126 cm³/mol. The molecule has 0 aliphatic carbocycles. The molecule has 1 atom stereocenters. The highest BCUT2D eigenvalue weighted by Crippen LogP contribution is 2.34. The first-order valence-electron chi connectivity index (χ1n) is 9.98. The Balaban J connectivity index is 1.32. The van der Waals surface area contributed by atoms with Gasteiger partial charge in [-0.2, -0.15) is 5.10 Å². The van der Waals surface area contributed by atoms with Crippen molar-refractivity contribution in [2.45, 2.75) is 17.7 Å². The summed E-state index contributed by atoms with van der Waals surface area (Å²) in [5.74, 6) is 0.828. The number of halogens is 2. The van der Waals surface area contributed by atoms with Crippen molar-refractivity contribution in [3.8, 4) is 11.5 Å². The first kappa shape index (κ1) is 21.8. The van der Waals surface area contributed by atoms with Gasteiger partial charge < -0.3 is 8.83 Å². The average Bonchev–Trinajstić information content (AvgIpc) is 3.59. The van der Waals surface area contributed by atoms with Crippen LogP contribution in [0.4, 0.5) is 0 Å². The third kappa shape index (κ3) is 4.68. The molecule has 1 unspecified atom stereocenters. The van der Waals surface area contributed by atoms with E-state index in [4.69, 9.17) is 32.0 Å². The number of furan rings is 1. The van der Waals surface area contributed by atoms with Crippen LogP contribution in [0.3, 0.4) is 0 Å². The van der Waals surface area contributed by atoms with Crippen molar-refractivity contribution >= 4 is 46.6 Å². The van der Waals surface area contributed by atoms with Gasteiger partial charge in [0.25, 0.3) is 11.1 Å². The zero-order valence-electron chi connectivity index (χ0n) is 17.0. The number of nitrogens with zero attached hydrogens (tertiary/aromatic N) is 4. The van der Waals surface area contributed by atoms with Crippen LogP contribution < -0.4 is 0 Å². The van der Waals surface area contributed by atoms with E-state index in [-0.39, 0.29) is 22.9 Å². The van der Waals surface area contributed by atoms with Crippen molar-refractivity contribution in [3.05, 3.63) is 88.3 Å². The van der Waals surface area contributed by atoms with Crippen molar-refractivity contribution in [1.82, 2.24) is 15.2 Å². The van der Waals surface area contributed by atoms with Gasteiger partial charge in [0, 0.05) is 11.4 Å². The summed E-state index contributed by atoms with van der Waals surface area (Å²) in [5.41, 5.74) is 2.32. The molecule has 0 spiro atoms. The van der Waals surface area contributed by atoms with E-state index in [0.29, 0.717) is 33.7 Å². The Labute approximate surface area is 203 Å². The zero-order valence-corrected chi connectivity index (χ0v) is 19.3. The maximum atomic E-state index is 13.1. The third-order valence-corrected chi connectivity index (χ3v) is 6.43. The number of rotatable bonds is 6. The molecule has 166 valence electrons. The van der Waals surface area contributed by atoms with Gasteiger partial charge in [-0.05, 0) is 42.0 Å². The Kier molecular flexibility index (Phi) is 6.22. The lowest BCUT2D eigenvalue weighted by molar-refractivity contribution is -0.130. The molecule has 1 aliphatic rings. The monoisotopic (exact) mass is 498 g/mol. The molecule has 10 heteroatoms. The standard InChI is InChI=1S/C23H16Cl2N4O3S/c24-15-9-7-14(8-10-15)18-12-19(20-6-3-11-31-20)29(28-18)21(30)13-33-23-27-26-22(32-23)16-4-1-2-5-17(16)25/h1-11,19H,12-13H2. The smallest absolute Gasteiger partial charge is 0.277 e.